The summed E-state index contributed by atoms with van der Waals surface area (Å²) in [5.74, 6) is 0.808. The average molecular weight is 219 g/mol. The second kappa shape index (κ2) is 4.84. The van der Waals surface area contributed by atoms with Crippen molar-refractivity contribution in [3.05, 3.63) is 58.9 Å². The minimum atomic E-state index is -0.266. The van der Waals surface area contributed by atoms with Gasteiger partial charge in [-0.1, -0.05) is 47.6 Å². The molecule has 0 amide bonds. The van der Waals surface area contributed by atoms with E-state index in [1.807, 2.05) is 42.5 Å². The van der Waals surface area contributed by atoms with Crippen LogP contribution in [0.2, 0.25) is 0 Å². The number of benzene rings is 1. The summed E-state index contributed by atoms with van der Waals surface area (Å²) in [6.45, 7) is 0. The number of thiol groups is 1. The van der Waals surface area contributed by atoms with E-state index in [1.54, 1.807) is 0 Å². The Morgan fingerprint density at radius 2 is 1.80 bits per heavy atom. The lowest BCUT2D eigenvalue weighted by Gasteiger charge is -2.10. The molecule has 0 atom stereocenters. The molecule has 0 bridgehead atoms. The number of oxime groups is 1. The third kappa shape index (κ3) is 2.50. The van der Waals surface area contributed by atoms with Gasteiger partial charge in [0.05, 0.1) is 5.71 Å². The Morgan fingerprint density at radius 3 is 2.40 bits per heavy atom. The summed E-state index contributed by atoms with van der Waals surface area (Å²) in [4.78, 5) is 0. The highest BCUT2D eigenvalue weighted by Gasteiger charge is 2.08. The van der Waals surface area contributed by atoms with E-state index in [9.17, 15) is 0 Å². The zero-order valence-corrected chi connectivity index (χ0v) is 9.14. The zero-order chi connectivity index (χ0) is 10.5. The van der Waals surface area contributed by atoms with Crippen molar-refractivity contribution in [2.24, 2.45) is 5.16 Å². The van der Waals surface area contributed by atoms with Crippen LogP contribution in [-0.4, -0.2) is 16.7 Å². The van der Waals surface area contributed by atoms with E-state index >= 15 is 0 Å². The van der Waals surface area contributed by atoms with Gasteiger partial charge in [0.15, 0.2) is 0 Å². The van der Waals surface area contributed by atoms with E-state index < -0.39 is 0 Å². The van der Waals surface area contributed by atoms with Crippen LogP contribution in [0.15, 0.2) is 58.5 Å². The monoisotopic (exact) mass is 219 g/mol. The number of nitrogens with zero attached hydrogens (tertiary/aromatic N) is 1. The Labute approximate surface area is 92.0 Å². The quantitative estimate of drug-likeness (QED) is 0.348. The van der Waals surface area contributed by atoms with Crippen molar-refractivity contribution in [3.8, 4) is 0 Å². The summed E-state index contributed by atoms with van der Waals surface area (Å²) >= 11 is 0. The van der Waals surface area contributed by atoms with E-state index in [-0.39, 0.29) is 10.9 Å². The molecule has 1 N–H and O–H groups in total. The molecule has 2 rings (SSSR count). The number of hydrogen-bond acceptors (Lipinski definition) is 2. The molecule has 1 aromatic carbocycles. The summed E-state index contributed by atoms with van der Waals surface area (Å²) in [5.41, 5.74) is 1.76. The van der Waals surface area contributed by atoms with Crippen molar-refractivity contribution in [1.82, 2.24) is 0 Å². The van der Waals surface area contributed by atoms with Crippen LogP contribution in [0.1, 0.15) is 5.56 Å². The minimum Gasteiger partial charge on any atom is -0.411 e. The molecule has 1 heterocycles. The summed E-state index contributed by atoms with van der Waals surface area (Å²) in [6.07, 6.45) is 4.09. The highest BCUT2D eigenvalue weighted by atomic mass is 32.2. The Kier molecular flexibility index (Phi) is 3.25. The smallest absolute Gasteiger partial charge is 0.0955 e. The topological polar surface area (TPSA) is 32.6 Å². The van der Waals surface area contributed by atoms with E-state index in [2.05, 4.69) is 16.0 Å². The minimum absolute atomic E-state index is 0.266. The molecule has 0 aliphatic carbocycles. The first-order valence-electron chi connectivity index (χ1n) is 4.77. The van der Waals surface area contributed by atoms with Gasteiger partial charge in [0.25, 0.3) is 0 Å². The van der Waals surface area contributed by atoms with Crippen molar-refractivity contribution in [1.29, 1.82) is 0 Å². The Morgan fingerprint density at radius 1 is 1.13 bits per heavy atom. The Balaban J connectivity index is 2.12. The first-order chi connectivity index (χ1) is 7.40. The summed E-state index contributed by atoms with van der Waals surface area (Å²) in [6, 6.07) is 9.79. The van der Waals surface area contributed by atoms with Crippen molar-refractivity contribution in [2.45, 2.75) is 0 Å². The Bertz CT molecular complexity index is 397. The summed E-state index contributed by atoms with van der Waals surface area (Å²) in [7, 11) is -0.266. The predicted octanol–water partition coefficient (Wildman–Crippen LogP) is 2.91. The normalized spacial score (nSPS) is 17.3. The van der Waals surface area contributed by atoms with Gasteiger partial charge >= 0.3 is 0 Å². The maximum atomic E-state index is 8.99. The van der Waals surface area contributed by atoms with Crippen molar-refractivity contribution in [2.75, 3.05) is 5.75 Å². The molecule has 0 fully saturated rings. The van der Waals surface area contributed by atoms with Crippen LogP contribution >= 0.6 is 10.9 Å². The Hall–Kier alpha value is -1.48. The van der Waals surface area contributed by atoms with Crippen LogP contribution in [0, 0.1) is 0 Å². The zero-order valence-electron chi connectivity index (χ0n) is 8.24. The number of rotatable bonds is 3. The lowest BCUT2D eigenvalue weighted by atomic mass is 10.1. The molecule has 0 radical (unpaired) electrons. The molecule has 1 aromatic rings. The van der Waals surface area contributed by atoms with Crippen LogP contribution in [0.5, 0.6) is 0 Å². The van der Waals surface area contributed by atoms with E-state index in [1.165, 1.54) is 0 Å². The van der Waals surface area contributed by atoms with E-state index in [0.717, 1.165) is 17.0 Å². The molecule has 1 aliphatic rings. The fourth-order valence-electron chi connectivity index (χ4n) is 1.46. The largest absolute Gasteiger partial charge is 0.411 e. The highest BCUT2D eigenvalue weighted by Crippen LogP contribution is 2.33. The average Bonchev–Trinajstić information content (AvgIpc) is 2.80. The van der Waals surface area contributed by atoms with Gasteiger partial charge in [0.1, 0.15) is 0 Å². The lowest BCUT2D eigenvalue weighted by molar-refractivity contribution is 0.319. The van der Waals surface area contributed by atoms with Crippen LogP contribution in [0.3, 0.4) is 0 Å². The first-order valence-corrected chi connectivity index (χ1v) is 6.44. The SMILES string of the molecule is ON=C(C[SH]1C=CC=C1)c1ccccc1. The van der Waals surface area contributed by atoms with Gasteiger partial charge in [0, 0.05) is 11.3 Å². The molecule has 78 valence electrons. The van der Waals surface area contributed by atoms with Gasteiger partial charge in [-0.3, -0.25) is 0 Å². The third-order valence-electron chi connectivity index (χ3n) is 2.23. The molecule has 0 aromatic heterocycles. The van der Waals surface area contributed by atoms with Crippen LogP contribution < -0.4 is 0 Å². The van der Waals surface area contributed by atoms with Gasteiger partial charge in [0.2, 0.25) is 0 Å². The van der Waals surface area contributed by atoms with Gasteiger partial charge in [-0.25, -0.2) is 10.9 Å². The fraction of sp³-hybridized carbons (Fsp3) is 0.0833. The predicted molar refractivity (Wildman–Crippen MR) is 66.9 cm³/mol. The first kappa shape index (κ1) is 10.1. The number of hydrogen-bond donors (Lipinski definition) is 2. The molecule has 15 heavy (non-hydrogen) atoms. The van der Waals surface area contributed by atoms with Gasteiger partial charge in [-0.05, 0) is 10.8 Å². The van der Waals surface area contributed by atoms with Crippen molar-refractivity contribution < 1.29 is 5.21 Å². The van der Waals surface area contributed by atoms with Crippen molar-refractivity contribution in [3.63, 3.8) is 0 Å². The molecule has 2 nitrogen and oxygen atoms in total. The van der Waals surface area contributed by atoms with E-state index in [4.69, 9.17) is 5.21 Å². The summed E-state index contributed by atoms with van der Waals surface area (Å²) in [5, 5.41) is 16.7. The summed E-state index contributed by atoms with van der Waals surface area (Å²) < 4.78 is 0. The second-order valence-electron chi connectivity index (χ2n) is 3.27. The van der Waals surface area contributed by atoms with Crippen LogP contribution in [0.25, 0.3) is 0 Å². The molecule has 0 saturated carbocycles. The maximum Gasteiger partial charge on any atom is 0.0955 e. The second-order valence-corrected chi connectivity index (χ2v) is 5.21. The molecule has 3 heteroatoms. The fourth-order valence-corrected chi connectivity index (χ4v) is 3.00. The molecule has 0 unspecified atom stereocenters. The van der Waals surface area contributed by atoms with Crippen molar-refractivity contribution >= 4 is 16.6 Å². The van der Waals surface area contributed by atoms with E-state index in [0.29, 0.717) is 0 Å². The molecule has 1 aliphatic heterocycles. The highest BCUT2D eigenvalue weighted by molar-refractivity contribution is 8.22. The third-order valence-corrected chi connectivity index (χ3v) is 4.00. The van der Waals surface area contributed by atoms with Crippen LogP contribution in [-0.2, 0) is 0 Å². The van der Waals surface area contributed by atoms with Crippen LogP contribution in [0.4, 0.5) is 0 Å². The molecule has 0 saturated heterocycles. The number of allylic oxidation sites excluding steroid dienone is 2. The standard InChI is InChI=1S/C12H13NOS/c14-13-12(10-15-8-4-5-9-15)11-6-2-1-3-7-11/h1-9,14-15H,10H2. The van der Waals surface area contributed by atoms with Gasteiger partial charge in [-0.15, -0.1) is 0 Å². The maximum absolute atomic E-state index is 8.99. The molecular formula is C12H13NOS. The molecular weight excluding hydrogens is 206 g/mol. The lowest BCUT2D eigenvalue weighted by Crippen LogP contribution is -2.05. The van der Waals surface area contributed by atoms with Gasteiger partial charge < -0.3 is 5.21 Å². The van der Waals surface area contributed by atoms with Gasteiger partial charge in [-0.2, -0.15) is 0 Å². The molecule has 0 spiro atoms.